The largest absolute Gasteiger partial charge is 0.257 e. The number of nitrogens with zero attached hydrogens (tertiary/aromatic N) is 3. The van der Waals surface area contributed by atoms with E-state index >= 15 is 0 Å². The fourth-order valence-electron chi connectivity index (χ4n) is 1.93. The van der Waals surface area contributed by atoms with Crippen LogP contribution in [0.4, 0.5) is 0 Å². The van der Waals surface area contributed by atoms with Crippen LogP contribution in [0.3, 0.4) is 0 Å². The van der Waals surface area contributed by atoms with Crippen LogP contribution in [0.5, 0.6) is 0 Å². The average molecular weight is 326 g/mol. The molecule has 0 bridgehead atoms. The highest BCUT2D eigenvalue weighted by Crippen LogP contribution is 2.19. The molecule has 0 saturated heterocycles. The zero-order valence-corrected chi connectivity index (χ0v) is 13.4. The third-order valence-electron chi connectivity index (χ3n) is 2.97. The molecule has 0 aliphatic rings. The number of sulfonamides is 1. The second-order valence-corrected chi connectivity index (χ2v) is 6.84. The lowest BCUT2D eigenvalue weighted by molar-refractivity contribution is 0.418. The van der Waals surface area contributed by atoms with Gasteiger partial charge in [-0.2, -0.15) is 4.31 Å². The smallest absolute Gasteiger partial charge is 0.243 e. The normalized spacial score (nSPS) is 11.8. The maximum Gasteiger partial charge on any atom is 0.243 e. The topological polar surface area (TPSA) is 63.2 Å². The third kappa shape index (κ3) is 3.78. The summed E-state index contributed by atoms with van der Waals surface area (Å²) in [4.78, 5) is 8.28. The van der Waals surface area contributed by atoms with Crippen molar-refractivity contribution >= 4 is 21.6 Å². The van der Waals surface area contributed by atoms with Crippen molar-refractivity contribution in [3.05, 3.63) is 53.1 Å². The summed E-state index contributed by atoms with van der Waals surface area (Å²) in [6, 6.07) is 8.33. The molecule has 2 aromatic rings. The van der Waals surface area contributed by atoms with Crippen molar-refractivity contribution in [1.82, 2.24) is 14.3 Å². The van der Waals surface area contributed by atoms with Gasteiger partial charge < -0.3 is 0 Å². The molecule has 5 nitrogen and oxygen atoms in total. The standard InChI is InChI=1S/C14H16ClN3O2S/c1-3-18(10-12-6-4-5-11(2)17-12)21(19,20)13-7-8-16-14(15)9-13/h4-9H,3,10H2,1-2H3. The van der Waals surface area contributed by atoms with E-state index in [0.29, 0.717) is 12.2 Å². The van der Waals surface area contributed by atoms with E-state index in [1.54, 1.807) is 6.92 Å². The molecule has 2 aromatic heterocycles. The molecule has 2 rings (SSSR count). The number of pyridine rings is 2. The van der Waals surface area contributed by atoms with Crippen molar-refractivity contribution in [2.45, 2.75) is 25.3 Å². The van der Waals surface area contributed by atoms with Crippen LogP contribution in [0, 0.1) is 6.92 Å². The van der Waals surface area contributed by atoms with Gasteiger partial charge in [0.1, 0.15) is 5.15 Å². The van der Waals surface area contributed by atoms with Gasteiger partial charge in [0.05, 0.1) is 17.1 Å². The van der Waals surface area contributed by atoms with Gasteiger partial charge in [0.15, 0.2) is 0 Å². The highest BCUT2D eigenvalue weighted by molar-refractivity contribution is 7.89. The fourth-order valence-corrected chi connectivity index (χ4v) is 3.60. The quantitative estimate of drug-likeness (QED) is 0.793. The van der Waals surface area contributed by atoms with E-state index in [9.17, 15) is 8.42 Å². The van der Waals surface area contributed by atoms with E-state index in [1.807, 2.05) is 25.1 Å². The van der Waals surface area contributed by atoms with Crippen molar-refractivity contribution in [3.63, 3.8) is 0 Å². The van der Waals surface area contributed by atoms with Gasteiger partial charge in [-0.15, -0.1) is 0 Å². The highest BCUT2D eigenvalue weighted by atomic mass is 35.5. The second kappa shape index (κ2) is 6.51. The van der Waals surface area contributed by atoms with Crippen molar-refractivity contribution in [1.29, 1.82) is 0 Å². The molecular formula is C14H16ClN3O2S. The lowest BCUT2D eigenvalue weighted by atomic mass is 10.3. The molecule has 0 radical (unpaired) electrons. The van der Waals surface area contributed by atoms with Crippen molar-refractivity contribution in [2.24, 2.45) is 0 Å². The van der Waals surface area contributed by atoms with Crippen LogP contribution in [0.2, 0.25) is 5.15 Å². The fraction of sp³-hybridized carbons (Fsp3) is 0.286. The maximum absolute atomic E-state index is 12.6. The third-order valence-corrected chi connectivity index (χ3v) is 5.10. The molecule has 0 amide bonds. The predicted octanol–water partition coefficient (Wildman–Crippen LogP) is 2.65. The Morgan fingerprint density at radius 2 is 2.05 bits per heavy atom. The van der Waals surface area contributed by atoms with E-state index < -0.39 is 10.0 Å². The number of rotatable bonds is 5. The monoisotopic (exact) mass is 325 g/mol. The first-order valence-corrected chi connectivity index (χ1v) is 8.29. The van der Waals surface area contributed by atoms with Crippen LogP contribution in [-0.2, 0) is 16.6 Å². The molecular weight excluding hydrogens is 310 g/mol. The van der Waals surface area contributed by atoms with Gasteiger partial charge in [0.2, 0.25) is 10.0 Å². The lowest BCUT2D eigenvalue weighted by Gasteiger charge is -2.20. The number of aromatic nitrogens is 2. The Kier molecular flexibility index (Phi) is 4.92. The van der Waals surface area contributed by atoms with Gasteiger partial charge >= 0.3 is 0 Å². The summed E-state index contributed by atoms with van der Waals surface area (Å²) < 4.78 is 26.6. The molecule has 112 valence electrons. The minimum Gasteiger partial charge on any atom is -0.257 e. The van der Waals surface area contributed by atoms with Gasteiger partial charge in [-0.1, -0.05) is 24.6 Å². The minimum atomic E-state index is -3.62. The molecule has 0 spiro atoms. The average Bonchev–Trinajstić information content (AvgIpc) is 2.44. The molecule has 7 heteroatoms. The van der Waals surface area contributed by atoms with E-state index in [1.165, 1.54) is 22.6 Å². The Labute approximate surface area is 129 Å². The maximum atomic E-state index is 12.6. The Balaban J connectivity index is 2.32. The molecule has 0 aliphatic heterocycles. The van der Waals surface area contributed by atoms with Crippen molar-refractivity contribution in [3.8, 4) is 0 Å². The Hall–Kier alpha value is -1.50. The first-order valence-electron chi connectivity index (χ1n) is 6.47. The molecule has 0 N–H and O–H groups in total. The summed E-state index contributed by atoms with van der Waals surface area (Å²) in [5.41, 5.74) is 1.56. The summed E-state index contributed by atoms with van der Waals surface area (Å²) >= 11 is 5.77. The van der Waals surface area contributed by atoms with Crippen molar-refractivity contribution < 1.29 is 8.42 Å². The van der Waals surface area contributed by atoms with Crippen molar-refractivity contribution in [2.75, 3.05) is 6.54 Å². The van der Waals surface area contributed by atoms with Crippen LogP contribution in [0.25, 0.3) is 0 Å². The minimum absolute atomic E-state index is 0.136. The SMILES string of the molecule is CCN(Cc1cccc(C)n1)S(=O)(=O)c1ccnc(Cl)c1. The Bertz CT molecular complexity index is 735. The molecule has 0 fully saturated rings. The molecule has 0 saturated carbocycles. The summed E-state index contributed by atoms with van der Waals surface area (Å²) in [7, 11) is -3.62. The molecule has 2 heterocycles. The lowest BCUT2D eigenvalue weighted by Crippen LogP contribution is -2.30. The van der Waals surface area contributed by atoms with Crippen LogP contribution in [0.15, 0.2) is 41.4 Å². The van der Waals surface area contributed by atoms with Gasteiger partial charge in [-0.25, -0.2) is 13.4 Å². The number of halogens is 1. The first kappa shape index (κ1) is 15.9. The van der Waals surface area contributed by atoms with E-state index in [-0.39, 0.29) is 16.6 Å². The van der Waals surface area contributed by atoms with Crippen LogP contribution in [0.1, 0.15) is 18.3 Å². The zero-order valence-electron chi connectivity index (χ0n) is 11.8. The molecule has 21 heavy (non-hydrogen) atoms. The summed E-state index contributed by atoms with van der Waals surface area (Å²) in [5, 5.41) is 0.154. The van der Waals surface area contributed by atoms with E-state index in [4.69, 9.17) is 11.6 Å². The highest BCUT2D eigenvalue weighted by Gasteiger charge is 2.24. The molecule has 0 aromatic carbocycles. The van der Waals surface area contributed by atoms with Gasteiger partial charge in [0.25, 0.3) is 0 Å². The zero-order chi connectivity index (χ0) is 15.5. The second-order valence-electron chi connectivity index (χ2n) is 4.52. The number of hydrogen-bond acceptors (Lipinski definition) is 4. The number of hydrogen-bond donors (Lipinski definition) is 0. The molecule has 0 atom stereocenters. The predicted molar refractivity (Wildman–Crippen MR) is 81.5 cm³/mol. The summed E-state index contributed by atoms with van der Waals surface area (Å²) in [6.07, 6.45) is 1.38. The van der Waals surface area contributed by atoms with Gasteiger partial charge in [-0.3, -0.25) is 4.98 Å². The van der Waals surface area contributed by atoms with Crippen LogP contribution < -0.4 is 0 Å². The van der Waals surface area contributed by atoms with E-state index in [0.717, 1.165) is 5.69 Å². The first-order chi connectivity index (χ1) is 9.93. The van der Waals surface area contributed by atoms with Crippen LogP contribution >= 0.6 is 11.6 Å². The summed E-state index contributed by atoms with van der Waals surface area (Å²) in [5.74, 6) is 0. The summed E-state index contributed by atoms with van der Waals surface area (Å²) in [6.45, 7) is 4.23. The molecule has 0 unspecified atom stereocenters. The van der Waals surface area contributed by atoms with Gasteiger partial charge in [-0.05, 0) is 31.2 Å². The molecule has 0 aliphatic carbocycles. The van der Waals surface area contributed by atoms with Gasteiger partial charge in [0, 0.05) is 18.4 Å². The Morgan fingerprint density at radius 3 is 2.67 bits per heavy atom. The number of aryl methyl sites for hydroxylation is 1. The van der Waals surface area contributed by atoms with E-state index in [2.05, 4.69) is 9.97 Å². The Morgan fingerprint density at radius 1 is 1.29 bits per heavy atom. The van der Waals surface area contributed by atoms with Crippen LogP contribution in [-0.4, -0.2) is 29.2 Å².